The SMILES string of the molecule is CCN(CC)S(=O)(=O)c1ccc(OC(C)C)c(NC(=O)c2oc3ccccc3c2C)c1. The number of benzene rings is 2. The lowest BCUT2D eigenvalue weighted by Gasteiger charge is -2.20. The van der Waals surface area contributed by atoms with Crippen LogP contribution in [0.4, 0.5) is 5.69 Å². The van der Waals surface area contributed by atoms with E-state index in [9.17, 15) is 13.2 Å². The third-order valence-electron chi connectivity index (χ3n) is 4.95. The Balaban J connectivity index is 2.02. The van der Waals surface area contributed by atoms with E-state index < -0.39 is 15.9 Å². The van der Waals surface area contributed by atoms with Crippen molar-refractivity contribution in [3.05, 3.63) is 53.8 Å². The number of amides is 1. The topological polar surface area (TPSA) is 88.9 Å². The second-order valence-electron chi connectivity index (χ2n) is 7.42. The van der Waals surface area contributed by atoms with Gasteiger partial charge in [0.2, 0.25) is 10.0 Å². The second-order valence-corrected chi connectivity index (χ2v) is 9.36. The van der Waals surface area contributed by atoms with Crippen molar-refractivity contribution in [2.24, 2.45) is 0 Å². The summed E-state index contributed by atoms with van der Waals surface area (Å²) in [7, 11) is -3.69. The van der Waals surface area contributed by atoms with Crippen molar-refractivity contribution in [3.8, 4) is 5.75 Å². The van der Waals surface area contributed by atoms with Crippen LogP contribution in [0.5, 0.6) is 5.75 Å². The van der Waals surface area contributed by atoms with Crippen LogP contribution in [-0.2, 0) is 10.0 Å². The molecule has 0 saturated heterocycles. The number of carbonyl (C=O) groups is 1. The van der Waals surface area contributed by atoms with E-state index in [1.807, 2.05) is 39.0 Å². The Bertz CT molecular complexity index is 1190. The molecular weight excluding hydrogens is 416 g/mol. The highest BCUT2D eigenvalue weighted by Crippen LogP contribution is 2.32. The molecule has 0 bridgehead atoms. The zero-order valence-corrected chi connectivity index (χ0v) is 19.2. The third-order valence-corrected chi connectivity index (χ3v) is 7.00. The molecule has 0 radical (unpaired) electrons. The number of carbonyl (C=O) groups excluding carboxylic acids is 1. The fraction of sp³-hybridized carbons (Fsp3) is 0.348. The monoisotopic (exact) mass is 444 g/mol. The second kappa shape index (κ2) is 9.11. The lowest BCUT2D eigenvalue weighted by molar-refractivity contribution is 0.0997. The van der Waals surface area contributed by atoms with E-state index in [4.69, 9.17) is 9.15 Å². The molecule has 1 aromatic heterocycles. The third kappa shape index (κ3) is 4.60. The number of nitrogens with zero attached hydrogens (tertiary/aromatic N) is 1. The van der Waals surface area contributed by atoms with Gasteiger partial charge in [-0.15, -0.1) is 0 Å². The van der Waals surface area contributed by atoms with Crippen LogP contribution in [0.1, 0.15) is 43.8 Å². The van der Waals surface area contributed by atoms with Crippen molar-refractivity contribution in [1.82, 2.24) is 4.31 Å². The quantitative estimate of drug-likeness (QED) is 0.538. The predicted molar refractivity (Wildman–Crippen MR) is 121 cm³/mol. The number of sulfonamides is 1. The van der Waals surface area contributed by atoms with Crippen LogP contribution in [0, 0.1) is 6.92 Å². The Morgan fingerprint density at radius 3 is 2.42 bits per heavy atom. The van der Waals surface area contributed by atoms with Gasteiger partial charge in [-0.3, -0.25) is 4.79 Å². The molecule has 1 heterocycles. The van der Waals surface area contributed by atoms with Gasteiger partial charge >= 0.3 is 0 Å². The van der Waals surface area contributed by atoms with Crippen LogP contribution in [-0.4, -0.2) is 37.8 Å². The summed E-state index contributed by atoms with van der Waals surface area (Å²) in [4.78, 5) is 13.1. The van der Waals surface area contributed by atoms with Gasteiger partial charge in [0.1, 0.15) is 11.3 Å². The number of rotatable bonds is 8. The maximum atomic E-state index is 13.0. The number of hydrogen-bond acceptors (Lipinski definition) is 5. The molecule has 0 aliphatic heterocycles. The van der Waals surface area contributed by atoms with Gasteiger partial charge in [0.05, 0.1) is 16.7 Å². The van der Waals surface area contributed by atoms with Crippen molar-refractivity contribution in [1.29, 1.82) is 0 Å². The number of furan rings is 1. The zero-order valence-electron chi connectivity index (χ0n) is 18.4. The molecule has 7 nitrogen and oxygen atoms in total. The van der Waals surface area contributed by atoms with E-state index in [0.29, 0.717) is 30.0 Å². The van der Waals surface area contributed by atoms with Gasteiger partial charge in [0.25, 0.3) is 5.91 Å². The van der Waals surface area contributed by atoms with E-state index in [2.05, 4.69) is 5.32 Å². The Labute approximate surface area is 183 Å². The van der Waals surface area contributed by atoms with Crippen molar-refractivity contribution in [3.63, 3.8) is 0 Å². The molecule has 1 N–H and O–H groups in total. The van der Waals surface area contributed by atoms with Crippen LogP contribution < -0.4 is 10.1 Å². The van der Waals surface area contributed by atoms with Crippen LogP contribution in [0.2, 0.25) is 0 Å². The number of ether oxygens (including phenoxy) is 1. The molecule has 0 atom stereocenters. The van der Waals surface area contributed by atoms with Gasteiger partial charge in [-0.05, 0) is 45.0 Å². The number of fused-ring (bicyclic) bond motifs is 1. The molecule has 0 saturated carbocycles. The summed E-state index contributed by atoms with van der Waals surface area (Å²) in [5.41, 5.74) is 1.60. The van der Waals surface area contributed by atoms with Crippen LogP contribution in [0.3, 0.4) is 0 Å². The Morgan fingerprint density at radius 2 is 1.81 bits per heavy atom. The summed E-state index contributed by atoms with van der Waals surface area (Å²) in [6.07, 6.45) is -0.158. The molecule has 8 heteroatoms. The maximum absolute atomic E-state index is 13.0. The summed E-state index contributed by atoms with van der Waals surface area (Å²) >= 11 is 0. The molecule has 0 fully saturated rings. The molecule has 3 aromatic rings. The van der Waals surface area contributed by atoms with Gasteiger partial charge in [-0.2, -0.15) is 4.31 Å². The van der Waals surface area contributed by atoms with Crippen LogP contribution in [0.15, 0.2) is 51.8 Å². The van der Waals surface area contributed by atoms with E-state index in [1.54, 1.807) is 26.0 Å². The Kier molecular flexibility index (Phi) is 6.71. The van der Waals surface area contributed by atoms with Crippen LogP contribution >= 0.6 is 0 Å². The molecule has 0 aliphatic carbocycles. The minimum atomic E-state index is -3.69. The molecular formula is C23H28N2O5S. The Morgan fingerprint density at radius 1 is 1.13 bits per heavy atom. The highest BCUT2D eigenvalue weighted by atomic mass is 32.2. The van der Waals surface area contributed by atoms with Crippen molar-refractivity contribution in [2.75, 3.05) is 18.4 Å². The summed E-state index contributed by atoms with van der Waals surface area (Å²) in [6.45, 7) is 9.79. The minimum Gasteiger partial charge on any atom is -0.489 e. The molecule has 3 rings (SSSR count). The van der Waals surface area contributed by atoms with Crippen molar-refractivity contribution in [2.45, 2.75) is 45.6 Å². The lowest BCUT2D eigenvalue weighted by atomic mass is 10.1. The van der Waals surface area contributed by atoms with Gasteiger partial charge in [-0.1, -0.05) is 32.0 Å². The number of nitrogens with one attached hydrogen (secondary N) is 1. The largest absolute Gasteiger partial charge is 0.489 e. The molecule has 166 valence electrons. The number of hydrogen-bond donors (Lipinski definition) is 1. The average Bonchev–Trinajstić information content (AvgIpc) is 3.06. The minimum absolute atomic E-state index is 0.0870. The van der Waals surface area contributed by atoms with Crippen molar-refractivity contribution < 1.29 is 22.4 Å². The highest BCUT2D eigenvalue weighted by Gasteiger charge is 2.25. The first-order valence-electron chi connectivity index (χ1n) is 10.3. The number of anilines is 1. The predicted octanol–water partition coefficient (Wildman–Crippen LogP) is 4.81. The first-order valence-corrected chi connectivity index (χ1v) is 11.7. The molecule has 0 spiro atoms. The molecule has 1 amide bonds. The first kappa shape index (κ1) is 22.8. The van der Waals surface area contributed by atoms with Crippen LogP contribution in [0.25, 0.3) is 11.0 Å². The standard InChI is InChI=1S/C23H28N2O5S/c1-6-25(7-2)31(27,28)17-12-13-21(29-15(3)4)19(14-17)24-23(26)22-16(5)18-10-8-9-11-20(18)30-22/h8-15H,6-7H2,1-5H3,(H,24,26). The van der Waals surface area contributed by atoms with E-state index in [-0.39, 0.29) is 22.4 Å². The summed E-state index contributed by atoms with van der Waals surface area (Å²) < 4.78 is 38.8. The fourth-order valence-corrected chi connectivity index (χ4v) is 4.89. The van der Waals surface area contributed by atoms with E-state index in [0.717, 1.165) is 5.39 Å². The van der Waals surface area contributed by atoms with E-state index >= 15 is 0 Å². The fourth-order valence-electron chi connectivity index (χ4n) is 3.41. The smallest absolute Gasteiger partial charge is 0.291 e. The van der Waals surface area contributed by atoms with Gasteiger partial charge < -0.3 is 14.5 Å². The summed E-state index contributed by atoms with van der Waals surface area (Å²) in [6, 6.07) is 11.9. The number of para-hydroxylation sites is 1. The number of aryl methyl sites for hydroxylation is 1. The van der Waals surface area contributed by atoms with Gasteiger partial charge in [-0.25, -0.2) is 8.42 Å². The molecule has 0 unspecified atom stereocenters. The summed E-state index contributed by atoms with van der Waals surface area (Å²) in [5, 5.41) is 3.63. The van der Waals surface area contributed by atoms with Gasteiger partial charge in [0.15, 0.2) is 5.76 Å². The van der Waals surface area contributed by atoms with Gasteiger partial charge in [0, 0.05) is 24.0 Å². The highest BCUT2D eigenvalue weighted by molar-refractivity contribution is 7.89. The lowest BCUT2D eigenvalue weighted by Crippen LogP contribution is -2.30. The summed E-state index contributed by atoms with van der Waals surface area (Å²) in [5.74, 6) is 0.0870. The average molecular weight is 445 g/mol. The molecule has 31 heavy (non-hydrogen) atoms. The normalized spacial score (nSPS) is 12.0. The molecule has 2 aromatic carbocycles. The molecule has 0 aliphatic rings. The van der Waals surface area contributed by atoms with E-state index in [1.165, 1.54) is 16.4 Å². The Hall–Kier alpha value is -2.84. The zero-order chi connectivity index (χ0) is 22.8. The maximum Gasteiger partial charge on any atom is 0.291 e. The first-order chi connectivity index (χ1) is 14.7. The van der Waals surface area contributed by atoms with Crippen molar-refractivity contribution >= 4 is 32.6 Å².